The van der Waals surface area contributed by atoms with Gasteiger partial charge in [-0.05, 0) is 50.7 Å². The number of aliphatic imine (C=N–C) groups is 1. The van der Waals surface area contributed by atoms with Gasteiger partial charge in [0.2, 0.25) is 0 Å². The number of hydrogen-bond donors (Lipinski definition) is 2. The Morgan fingerprint density at radius 1 is 1.25 bits per heavy atom. The maximum absolute atomic E-state index is 12.9. The summed E-state index contributed by atoms with van der Waals surface area (Å²) in [5.41, 5.74) is 4.08. The highest BCUT2D eigenvalue weighted by Crippen LogP contribution is 2.38. The normalized spacial score (nSPS) is 27.5. The molecule has 0 saturated carbocycles. The number of hydrogen-bond acceptors (Lipinski definition) is 3. The third kappa shape index (κ3) is 3.16. The Kier molecular flexibility index (Phi) is 5.14. The van der Waals surface area contributed by atoms with Crippen LogP contribution in [0.1, 0.15) is 39.5 Å². The highest BCUT2D eigenvalue weighted by atomic mass is 16.2. The molecule has 0 radical (unpaired) electrons. The fraction of sp³-hybridized carbons (Fsp3) is 0.500. The molecule has 128 valence electrons. The molecule has 2 N–H and O–H groups in total. The monoisotopic (exact) mass is 326 g/mol. The first-order valence-electron chi connectivity index (χ1n) is 8.85. The molecule has 2 aliphatic carbocycles. The molecule has 0 fully saturated rings. The Balaban J connectivity index is 1.90. The van der Waals surface area contributed by atoms with Gasteiger partial charge in [0.1, 0.15) is 5.84 Å². The molecule has 0 spiro atoms. The molecule has 0 aromatic heterocycles. The van der Waals surface area contributed by atoms with Crippen LogP contribution in [0.2, 0.25) is 0 Å². The molecule has 2 atom stereocenters. The van der Waals surface area contributed by atoms with Crippen molar-refractivity contribution in [3.8, 4) is 0 Å². The molecule has 1 aliphatic heterocycles. The van der Waals surface area contributed by atoms with Gasteiger partial charge in [0.15, 0.2) is 5.78 Å². The minimum Gasteiger partial charge on any atom is -0.396 e. The van der Waals surface area contributed by atoms with Gasteiger partial charge >= 0.3 is 0 Å². The van der Waals surface area contributed by atoms with E-state index in [0.717, 1.165) is 60.4 Å². The van der Waals surface area contributed by atoms with Crippen LogP contribution < -0.4 is 5.32 Å². The van der Waals surface area contributed by atoms with Crippen LogP contribution in [0.5, 0.6) is 0 Å². The molecule has 3 aliphatic rings. The van der Waals surface area contributed by atoms with Gasteiger partial charge in [0.25, 0.3) is 0 Å². The number of allylic oxidation sites excluding steroid dienone is 4. The van der Waals surface area contributed by atoms with Crippen molar-refractivity contribution in [3.63, 3.8) is 0 Å². The SMILES string of the molecule is CC1=C(C)C(=O)C2=C3C=CC=CC3NC(=NCCCCCO)C2C1. The smallest absolute Gasteiger partial charge is 0.185 e. The number of rotatable bonds is 5. The van der Waals surface area contributed by atoms with Crippen LogP contribution >= 0.6 is 0 Å². The number of aliphatic hydroxyl groups is 1. The first-order chi connectivity index (χ1) is 11.6. The van der Waals surface area contributed by atoms with Crippen LogP contribution in [0, 0.1) is 5.92 Å². The zero-order valence-corrected chi connectivity index (χ0v) is 14.5. The van der Waals surface area contributed by atoms with Crippen LogP contribution in [0.3, 0.4) is 0 Å². The highest BCUT2D eigenvalue weighted by molar-refractivity contribution is 6.15. The average Bonchev–Trinajstić information content (AvgIpc) is 2.59. The van der Waals surface area contributed by atoms with Crippen molar-refractivity contribution in [1.82, 2.24) is 5.32 Å². The first kappa shape index (κ1) is 16.9. The maximum atomic E-state index is 12.9. The number of Topliss-reactive ketones (excluding diaryl/α,β-unsaturated/α-hetero) is 1. The summed E-state index contributed by atoms with van der Waals surface area (Å²) in [4.78, 5) is 17.7. The predicted molar refractivity (Wildman–Crippen MR) is 97.0 cm³/mol. The van der Waals surface area contributed by atoms with Gasteiger partial charge in [-0.25, -0.2) is 0 Å². The molecular formula is C20H26N2O2. The van der Waals surface area contributed by atoms with E-state index < -0.39 is 0 Å². The summed E-state index contributed by atoms with van der Waals surface area (Å²) < 4.78 is 0. The van der Waals surface area contributed by atoms with Crippen molar-refractivity contribution in [2.75, 3.05) is 13.2 Å². The van der Waals surface area contributed by atoms with Crippen molar-refractivity contribution in [1.29, 1.82) is 0 Å². The molecule has 0 bridgehead atoms. The van der Waals surface area contributed by atoms with Crippen molar-refractivity contribution in [2.24, 2.45) is 10.9 Å². The van der Waals surface area contributed by atoms with E-state index in [1.54, 1.807) is 0 Å². The largest absolute Gasteiger partial charge is 0.396 e. The number of carbonyl (C=O) groups excluding carboxylic acids is 1. The number of amidine groups is 1. The van der Waals surface area contributed by atoms with Gasteiger partial charge in [0.05, 0.1) is 6.04 Å². The number of unbranched alkanes of at least 4 members (excludes halogenated alkanes) is 2. The Morgan fingerprint density at radius 2 is 2.08 bits per heavy atom. The first-order valence-corrected chi connectivity index (χ1v) is 8.85. The zero-order chi connectivity index (χ0) is 17.1. The summed E-state index contributed by atoms with van der Waals surface area (Å²) in [5, 5.41) is 12.4. The molecule has 0 amide bonds. The zero-order valence-electron chi connectivity index (χ0n) is 14.5. The topological polar surface area (TPSA) is 61.7 Å². The molecule has 4 nitrogen and oxygen atoms in total. The molecular weight excluding hydrogens is 300 g/mol. The van der Waals surface area contributed by atoms with Crippen molar-refractivity contribution in [2.45, 2.75) is 45.6 Å². The second kappa shape index (κ2) is 7.31. The number of nitrogens with zero attached hydrogens (tertiary/aromatic N) is 1. The van der Waals surface area contributed by atoms with Crippen LogP contribution in [-0.2, 0) is 4.79 Å². The number of nitrogens with one attached hydrogen (secondary N) is 1. The average molecular weight is 326 g/mol. The van der Waals surface area contributed by atoms with Crippen LogP contribution in [0.25, 0.3) is 0 Å². The van der Waals surface area contributed by atoms with Gasteiger partial charge in [-0.1, -0.05) is 29.9 Å². The van der Waals surface area contributed by atoms with E-state index in [-0.39, 0.29) is 24.3 Å². The lowest BCUT2D eigenvalue weighted by molar-refractivity contribution is -0.113. The minimum atomic E-state index is 0.0487. The molecule has 2 unspecified atom stereocenters. The predicted octanol–water partition coefficient (Wildman–Crippen LogP) is 2.87. The van der Waals surface area contributed by atoms with E-state index in [2.05, 4.69) is 24.4 Å². The summed E-state index contributed by atoms with van der Waals surface area (Å²) in [6.07, 6.45) is 11.8. The Hall–Kier alpha value is -1.94. The van der Waals surface area contributed by atoms with Crippen LogP contribution in [0.15, 0.2) is 51.6 Å². The standard InChI is InChI=1S/C20H26N2O2/c1-13-12-16-18(19(24)14(13)2)15-8-4-5-9-17(15)22-20(16)21-10-6-3-7-11-23/h4-5,8-9,16-17,23H,3,6-7,10-12H2,1-2H3,(H,21,22). The summed E-state index contributed by atoms with van der Waals surface area (Å²) in [5.74, 6) is 1.18. The lowest BCUT2D eigenvalue weighted by Crippen LogP contribution is -2.48. The number of fused-ring (bicyclic) bond motifs is 2. The van der Waals surface area contributed by atoms with Gasteiger partial charge in [-0.2, -0.15) is 0 Å². The van der Waals surface area contributed by atoms with Crippen molar-refractivity contribution < 1.29 is 9.90 Å². The summed E-state index contributed by atoms with van der Waals surface area (Å²) in [7, 11) is 0. The Labute approximate surface area is 143 Å². The number of ketones is 1. The van der Waals surface area contributed by atoms with Crippen LogP contribution in [-0.4, -0.2) is 35.9 Å². The van der Waals surface area contributed by atoms with Gasteiger partial charge < -0.3 is 10.4 Å². The Bertz CT molecular complexity index is 680. The second-order valence-corrected chi connectivity index (χ2v) is 6.78. The quantitative estimate of drug-likeness (QED) is 0.764. The second-order valence-electron chi connectivity index (χ2n) is 6.78. The van der Waals surface area contributed by atoms with E-state index in [1.807, 2.05) is 19.1 Å². The minimum absolute atomic E-state index is 0.0487. The molecule has 0 aromatic rings. The molecule has 0 aromatic carbocycles. The summed E-state index contributed by atoms with van der Waals surface area (Å²) >= 11 is 0. The van der Waals surface area contributed by atoms with E-state index in [1.165, 1.54) is 0 Å². The Morgan fingerprint density at radius 3 is 2.88 bits per heavy atom. The summed E-state index contributed by atoms with van der Waals surface area (Å²) in [6.45, 7) is 4.97. The van der Waals surface area contributed by atoms with Crippen molar-refractivity contribution in [3.05, 3.63) is 46.6 Å². The molecule has 4 heteroatoms. The molecule has 3 rings (SSSR count). The molecule has 1 heterocycles. The fourth-order valence-corrected chi connectivity index (χ4v) is 3.62. The summed E-state index contributed by atoms with van der Waals surface area (Å²) in [6, 6.07) is 0.0487. The third-order valence-electron chi connectivity index (χ3n) is 5.15. The molecule has 24 heavy (non-hydrogen) atoms. The third-order valence-corrected chi connectivity index (χ3v) is 5.15. The van der Waals surface area contributed by atoms with E-state index >= 15 is 0 Å². The maximum Gasteiger partial charge on any atom is 0.185 e. The van der Waals surface area contributed by atoms with E-state index in [9.17, 15) is 4.79 Å². The van der Waals surface area contributed by atoms with Gasteiger partial charge in [-0.3, -0.25) is 9.79 Å². The number of carbonyl (C=O) groups is 1. The lowest BCUT2D eigenvalue weighted by atomic mass is 9.73. The van der Waals surface area contributed by atoms with Gasteiger partial charge in [0, 0.05) is 24.6 Å². The van der Waals surface area contributed by atoms with Gasteiger partial charge in [-0.15, -0.1) is 0 Å². The fourth-order valence-electron chi connectivity index (χ4n) is 3.62. The number of aliphatic hydroxyl groups excluding tert-OH is 1. The van der Waals surface area contributed by atoms with E-state index in [4.69, 9.17) is 10.1 Å². The van der Waals surface area contributed by atoms with E-state index in [0.29, 0.717) is 0 Å². The van der Waals surface area contributed by atoms with Crippen molar-refractivity contribution >= 4 is 11.6 Å². The molecule has 0 saturated heterocycles. The highest BCUT2D eigenvalue weighted by Gasteiger charge is 2.39. The lowest BCUT2D eigenvalue weighted by Gasteiger charge is -2.38. The van der Waals surface area contributed by atoms with Crippen LogP contribution in [0.4, 0.5) is 0 Å².